The minimum absolute atomic E-state index is 0.200. The summed E-state index contributed by atoms with van der Waals surface area (Å²) in [6.07, 6.45) is 1.49. The summed E-state index contributed by atoms with van der Waals surface area (Å²) in [4.78, 5) is 12.5. The molecule has 0 amide bonds. The van der Waals surface area contributed by atoms with Gasteiger partial charge in [-0.2, -0.15) is 0 Å². The Kier molecular flexibility index (Phi) is 6.19. The monoisotopic (exact) mass is 353 g/mol. The summed E-state index contributed by atoms with van der Waals surface area (Å²) in [5.41, 5.74) is 2.99. The number of nitrogens with zero attached hydrogens (tertiary/aromatic N) is 2. The fourth-order valence-corrected chi connectivity index (χ4v) is 2.76. The molecular formula is C20H24FN5. The first-order valence-electron chi connectivity index (χ1n) is 8.95. The summed E-state index contributed by atoms with van der Waals surface area (Å²) in [7, 11) is 0. The van der Waals surface area contributed by atoms with Gasteiger partial charge in [-0.25, -0.2) is 9.37 Å². The highest BCUT2D eigenvalue weighted by molar-refractivity contribution is 5.79. The summed E-state index contributed by atoms with van der Waals surface area (Å²) in [6.45, 7) is 4.15. The van der Waals surface area contributed by atoms with Gasteiger partial charge in [0.15, 0.2) is 5.96 Å². The summed E-state index contributed by atoms with van der Waals surface area (Å²) in [6, 6.07) is 14.7. The number of H-pyrrole nitrogens is 1. The molecule has 6 heteroatoms. The Morgan fingerprint density at radius 2 is 2.00 bits per heavy atom. The molecule has 1 heterocycles. The first-order valence-corrected chi connectivity index (χ1v) is 8.95. The summed E-state index contributed by atoms with van der Waals surface area (Å²) in [5.74, 6) is 1.50. The summed E-state index contributed by atoms with van der Waals surface area (Å²) >= 11 is 0. The molecule has 3 rings (SSSR count). The zero-order valence-corrected chi connectivity index (χ0v) is 14.9. The second kappa shape index (κ2) is 8.99. The number of rotatable bonds is 7. The van der Waals surface area contributed by atoms with E-state index in [-0.39, 0.29) is 5.82 Å². The van der Waals surface area contributed by atoms with Gasteiger partial charge in [-0.3, -0.25) is 4.99 Å². The minimum atomic E-state index is -0.200. The molecule has 0 aliphatic carbocycles. The lowest BCUT2D eigenvalue weighted by Gasteiger charge is -2.11. The van der Waals surface area contributed by atoms with Crippen LogP contribution in [-0.4, -0.2) is 35.6 Å². The van der Waals surface area contributed by atoms with Gasteiger partial charge in [-0.05, 0) is 43.2 Å². The molecule has 1 aromatic heterocycles. The molecule has 0 unspecified atom stereocenters. The molecule has 0 bridgehead atoms. The first kappa shape index (κ1) is 17.9. The normalized spacial score (nSPS) is 11.7. The smallest absolute Gasteiger partial charge is 0.191 e. The molecule has 3 N–H and O–H groups in total. The van der Waals surface area contributed by atoms with Crippen molar-refractivity contribution in [2.75, 3.05) is 19.6 Å². The number of halogens is 1. The zero-order valence-electron chi connectivity index (χ0n) is 14.9. The van der Waals surface area contributed by atoms with E-state index in [0.717, 1.165) is 47.8 Å². The van der Waals surface area contributed by atoms with Crippen LogP contribution in [0, 0.1) is 5.82 Å². The van der Waals surface area contributed by atoms with Crippen molar-refractivity contribution in [3.8, 4) is 0 Å². The van der Waals surface area contributed by atoms with E-state index in [1.165, 1.54) is 6.07 Å². The Morgan fingerprint density at radius 3 is 2.81 bits per heavy atom. The molecule has 0 aliphatic rings. The number of aromatic nitrogens is 2. The number of para-hydroxylation sites is 2. The summed E-state index contributed by atoms with van der Waals surface area (Å²) < 4.78 is 13.2. The van der Waals surface area contributed by atoms with Gasteiger partial charge < -0.3 is 15.6 Å². The maximum Gasteiger partial charge on any atom is 0.191 e. The van der Waals surface area contributed by atoms with Crippen LogP contribution in [0.5, 0.6) is 0 Å². The van der Waals surface area contributed by atoms with E-state index < -0.39 is 0 Å². The van der Waals surface area contributed by atoms with Crippen LogP contribution in [0.4, 0.5) is 4.39 Å². The topological polar surface area (TPSA) is 65.1 Å². The molecular weight excluding hydrogens is 329 g/mol. The van der Waals surface area contributed by atoms with Crippen LogP contribution in [-0.2, 0) is 12.8 Å². The number of aromatic amines is 1. The number of hydrogen-bond acceptors (Lipinski definition) is 2. The van der Waals surface area contributed by atoms with Crippen LogP contribution >= 0.6 is 0 Å². The molecule has 3 aromatic rings. The molecule has 0 saturated carbocycles. The molecule has 0 atom stereocenters. The van der Waals surface area contributed by atoms with E-state index >= 15 is 0 Å². The van der Waals surface area contributed by atoms with Crippen molar-refractivity contribution >= 4 is 17.0 Å². The third-order valence-corrected chi connectivity index (χ3v) is 4.00. The minimum Gasteiger partial charge on any atom is -0.357 e. The third-order valence-electron chi connectivity index (χ3n) is 4.00. The second-order valence-corrected chi connectivity index (χ2v) is 6.02. The van der Waals surface area contributed by atoms with Crippen LogP contribution in [0.15, 0.2) is 53.5 Å². The van der Waals surface area contributed by atoms with Gasteiger partial charge in [-0.1, -0.05) is 24.3 Å². The highest BCUT2D eigenvalue weighted by Crippen LogP contribution is 2.10. The number of aliphatic imine (C=N–C) groups is 1. The number of fused-ring (bicyclic) bond motifs is 1. The standard InChI is InChI=1S/C20H24FN5/c1-2-22-20(23-12-10-15-6-5-7-16(21)14-15)24-13-11-19-25-17-8-3-4-9-18(17)26-19/h3-9,14H,2,10-13H2,1H3,(H,25,26)(H2,22,23,24). The van der Waals surface area contributed by atoms with Crippen molar-refractivity contribution in [1.29, 1.82) is 0 Å². The highest BCUT2D eigenvalue weighted by Gasteiger charge is 2.02. The number of benzene rings is 2. The largest absolute Gasteiger partial charge is 0.357 e. The molecule has 0 fully saturated rings. The lowest BCUT2D eigenvalue weighted by molar-refractivity contribution is 0.625. The van der Waals surface area contributed by atoms with Crippen LogP contribution in [0.3, 0.4) is 0 Å². The van der Waals surface area contributed by atoms with Crippen LogP contribution in [0.2, 0.25) is 0 Å². The molecule has 0 radical (unpaired) electrons. The van der Waals surface area contributed by atoms with Gasteiger partial charge in [0.1, 0.15) is 11.6 Å². The van der Waals surface area contributed by atoms with Crippen molar-refractivity contribution in [1.82, 2.24) is 20.6 Å². The van der Waals surface area contributed by atoms with Gasteiger partial charge in [0.25, 0.3) is 0 Å². The van der Waals surface area contributed by atoms with Crippen LogP contribution in [0.1, 0.15) is 18.3 Å². The molecule has 0 spiro atoms. The second-order valence-electron chi connectivity index (χ2n) is 6.02. The Bertz CT molecular complexity index is 838. The van der Waals surface area contributed by atoms with Crippen molar-refractivity contribution in [2.24, 2.45) is 4.99 Å². The molecule has 2 aromatic carbocycles. The van der Waals surface area contributed by atoms with Crippen molar-refractivity contribution < 1.29 is 4.39 Å². The van der Waals surface area contributed by atoms with E-state index in [9.17, 15) is 4.39 Å². The fraction of sp³-hybridized carbons (Fsp3) is 0.300. The number of guanidine groups is 1. The fourth-order valence-electron chi connectivity index (χ4n) is 2.76. The van der Waals surface area contributed by atoms with Gasteiger partial charge >= 0.3 is 0 Å². The van der Waals surface area contributed by atoms with Gasteiger partial charge in [0.05, 0.1) is 11.0 Å². The predicted octanol–water partition coefficient (Wildman–Crippen LogP) is 3.04. The average Bonchev–Trinajstić information content (AvgIpc) is 3.04. The Hall–Kier alpha value is -2.89. The van der Waals surface area contributed by atoms with E-state index in [0.29, 0.717) is 13.1 Å². The molecule has 5 nitrogen and oxygen atoms in total. The predicted molar refractivity (Wildman–Crippen MR) is 104 cm³/mol. The van der Waals surface area contributed by atoms with E-state index in [1.807, 2.05) is 37.3 Å². The number of imidazole rings is 1. The average molecular weight is 353 g/mol. The number of hydrogen-bond donors (Lipinski definition) is 3. The van der Waals surface area contributed by atoms with Crippen LogP contribution in [0.25, 0.3) is 11.0 Å². The van der Waals surface area contributed by atoms with Crippen molar-refractivity contribution in [2.45, 2.75) is 19.8 Å². The molecule has 0 aliphatic heterocycles. The maximum atomic E-state index is 13.2. The van der Waals surface area contributed by atoms with Crippen molar-refractivity contribution in [3.63, 3.8) is 0 Å². The molecule has 136 valence electrons. The Balaban J connectivity index is 1.51. The lowest BCUT2D eigenvalue weighted by atomic mass is 10.1. The first-order chi connectivity index (χ1) is 12.7. The summed E-state index contributed by atoms with van der Waals surface area (Å²) in [5, 5.41) is 6.51. The van der Waals surface area contributed by atoms with Crippen molar-refractivity contribution in [3.05, 3.63) is 65.7 Å². The zero-order chi connectivity index (χ0) is 18.2. The SMILES string of the molecule is CCNC(=NCCc1nc2ccccc2[nH]1)NCCc1cccc(F)c1. The Labute approximate surface area is 152 Å². The van der Waals surface area contributed by atoms with Gasteiger partial charge in [0, 0.05) is 26.1 Å². The van der Waals surface area contributed by atoms with E-state index in [2.05, 4.69) is 25.6 Å². The third kappa shape index (κ3) is 5.05. The van der Waals surface area contributed by atoms with E-state index in [1.54, 1.807) is 12.1 Å². The highest BCUT2D eigenvalue weighted by atomic mass is 19.1. The lowest BCUT2D eigenvalue weighted by Crippen LogP contribution is -2.38. The quantitative estimate of drug-likeness (QED) is 0.452. The number of nitrogens with one attached hydrogen (secondary N) is 3. The molecule has 0 saturated heterocycles. The van der Waals surface area contributed by atoms with Gasteiger partial charge in [-0.15, -0.1) is 0 Å². The maximum absolute atomic E-state index is 13.2. The van der Waals surface area contributed by atoms with Crippen LogP contribution < -0.4 is 10.6 Å². The van der Waals surface area contributed by atoms with E-state index in [4.69, 9.17) is 0 Å². The molecule has 26 heavy (non-hydrogen) atoms. The van der Waals surface area contributed by atoms with Gasteiger partial charge in [0.2, 0.25) is 0 Å². The Morgan fingerprint density at radius 1 is 1.12 bits per heavy atom.